The molecular formula is C20H19ClN6S. The summed E-state index contributed by atoms with van der Waals surface area (Å²) in [7, 11) is 0. The molecule has 0 unspecified atom stereocenters. The highest BCUT2D eigenvalue weighted by molar-refractivity contribution is 7.98. The molecule has 0 bridgehead atoms. The maximum Gasteiger partial charge on any atom is 0.232 e. The lowest BCUT2D eigenvalue weighted by Gasteiger charge is -2.19. The molecule has 0 saturated carbocycles. The molecule has 142 valence electrons. The normalized spacial score (nSPS) is 14.2. The molecule has 1 aliphatic heterocycles. The standard InChI is InChI=1S/C20H19ClN6S/c21-16-7-1-2-8-17(16)27-19(25-10-5-6-11-25)23-24-20(27)28-14-15-13-26-12-4-3-9-18(26)22-15/h1-4,7-9,12-13H,5-6,10-11,14H2. The first-order valence-electron chi connectivity index (χ1n) is 9.30. The molecule has 6 nitrogen and oxygen atoms in total. The van der Waals surface area contributed by atoms with Crippen LogP contribution in [0.25, 0.3) is 11.3 Å². The molecule has 4 aromatic rings. The van der Waals surface area contributed by atoms with Crippen LogP contribution in [0, 0.1) is 0 Å². The minimum absolute atomic E-state index is 0.692. The van der Waals surface area contributed by atoms with E-state index < -0.39 is 0 Å². The minimum atomic E-state index is 0.692. The van der Waals surface area contributed by atoms with Gasteiger partial charge in [-0.05, 0) is 37.1 Å². The van der Waals surface area contributed by atoms with Crippen LogP contribution in [0.15, 0.2) is 60.0 Å². The third-order valence-electron chi connectivity index (χ3n) is 4.86. The number of hydrogen-bond acceptors (Lipinski definition) is 5. The number of imidazole rings is 1. The quantitative estimate of drug-likeness (QED) is 0.454. The van der Waals surface area contributed by atoms with Crippen LogP contribution in [-0.2, 0) is 5.75 Å². The number of benzene rings is 1. The number of halogens is 1. The summed E-state index contributed by atoms with van der Waals surface area (Å²) in [5, 5.41) is 10.5. The van der Waals surface area contributed by atoms with Crippen LogP contribution in [0.4, 0.5) is 5.95 Å². The fraction of sp³-hybridized carbons (Fsp3) is 0.250. The zero-order valence-electron chi connectivity index (χ0n) is 15.2. The monoisotopic (exact) mass is 410 g/mol. The third-order valence-corrected chi connectivity index (χ3v) is 6.14. The Morgan fingerprint density at radius 2 is 1.82 bits per heavy atom. The number of hydrogen-bond donors (Lipinski definition) is 0. The Labute approximate surface area is 172 Å². The van der Waals surface area contributed by atoms with Crippen LogP contribution in [0.1, 0.15) is 18.5 Å². The number of fused-ring (bicyclic) bond motifs is 1. The van der Waals surface area contributed by atoms with E-state index >= 15 is 0 Å². The smallest absolute Gasteiger partial charge is 0.232 e. The van der Waals surface area contributed by atoms with Gasteiger partial charge in [0.2, 0.25) is 5.95 Å². The van der Waals surface area contributed by atoms with Gasteiger partial charge < -0.3 is 9.30 Å². The van der Waals surface area contributed by atoms with Crippen molar-refractivity contribution in [1.82, 2.24) is 24.1 Å². The van der Waals surface area contributed by atoms with Crippen molar-refractivity contribution >= 4 is 35.0 Å². The summed E-state index contributed by atoms with van der Waals surface area (Å²) >= 11 is 8.14. The predicted molar refractivity (Wildman–Crippen MR) is 113 cm³/mol. The van der Waals surface area contributed by atoms with Crippen LogP contribution >= 0.6 is 23.4 Å². The Bertz CT molecular complexity index is 1080. The van der Waals surface area contributed by atoms with Crippen molar-refractivity contribution in [3.63, 3.8) is 0 Å². The molecule has 0 amide bonds. The first-order chi connectivity index (χ1) is 13.8. The van der Waals surface area contributed by atoms with E-state index in [0.717, 1.165) is 41.2 Å². The summed E-state index contributed by atoms with van der Waals surface area (Å²) in [5.74, 6) is 1.58. The zero-order valence-corrected chi connectivity index (χ0v) is 16.8. The van der Waals surface area contributed by atoms with Crippen molar-refractivity contribution in [2.45, 2.75) is 23.8 Å². The molecule has 0 radical (unpaired) electrons. The highest BCUT2D eigenvalue weighted by Crippen LogP contribution is 2.32. The highest BCUT2D eigenvalue weighted by Gasteiger charge is 2.23. The van der Waals surface area contributed by atoms with Gasteiger partial charge in [-0.25, -0.2) is 4.98 Å². The second kappa shape index (κ2) is 7.48. The van der Waals surface area contributed by atoms with Gasteiger partial charge in [0.1, 0.15) is 5.65 Å². The summed E-state index contributed by atoms with van der Waals surface area (Å²) in [5.41, 5.74) is 2.87. The number of thioether (sulfide) groups is 1. The van der Waals surface area contributed by atoms with E-state index in [1.807, 2.05) is 53.1 Å². The largest absolute Gasteiger partial charge is 0.341 e. The maximum atomic E-state index is 6.52. The molecule has 5 rings (SSSR count). The van der Waals surface area contributed by atoms with Crippen LogP contribution in [0.2, 0.25) is 5.02 Å². The van der Waals surface area contributed by atoms with E-state index in [0.29, 0.717) is 10.8 Å². The molecule has 1 saturated heterocycles. The SMILES string of the molecule is Clc1ccccc1-n1c(SCc2cn3ccccc3n2)nnc1N1CCCC1. The van der Waals surface area contributed by atoms with E-state index in [1.165, 1.54) is 12.8 Å². The molecule has 1 aromatic carbocycles. The lowest BCUT2D eigenvalue weighted by Crippen LogP contribution is -2.22. The molecule has 0 spiro atoms. The van der Waals surface area contributed by atoms with E-state index in [2.05, 4.69) is 30.8 Å². The lowest BCUT2D eigenvalue weighted by atomic mass is 10.3. The summed E-state index contributed by atoms with van der Waals surface area (Å²) in [6.45, 7) is 2.00. The van der Waals surface area contributed by atoms with E-state index in [9.17, 15) is 0 Å². The van der Waals surface area contributed by atoms with Gasteiger partial charge in [-0.3, -0.25) is 4.57 Å². The first-order valence-corrected chi connectivity index (χ1v) is 10.7. The van der Waals surface area contributed by atoms with E-state index in [-0.39, 0.29) is 0 Å². The molecule has 3 aromatic heterocycles. The van der Waals surface area contributed by atoms with Crippen molar-refractivity contribution in [3.8, 4) is 5.69 Å². The summed E-state index contributed by atoms with van der Waals surface area (Å²) in [6.07, 6.45) is 6.42. The first kappa shape index (κ1) is 17.6. The van der Waals surface area contributed by atoms with E-state index in [1.54, 1.807) is 11.8 Å². The average Bonchev–Trinajstić information content (AvgIpc) is 3.45. The molecule has 1 aliphatic rings. The second-order valence-corrected chi connectivity index (χ2v) is 8.10. The number of nitrogens with zero attached hydrogens (tertiary/aromatic N) is 6. The Morgan fingerprint density at radius 3 is 2.64 bits per heavy atom. The molecular weight excluding hydrogens is 392 g/mol. The van der Waals surface area contributed by atoms with Crippen LogP contribution < -0.4 is 4.90 Å². The van der Waals surface area contributed by atoms with Crippen molar-refractivity contribution in [2.24, 2.45) is 0 Å². The van der Waals surface area contributed by atoms with Gasteiger partial charge in [-0.2, -0.15) is 0 Å². The van der Waals surface area contributed by atoms with Gasteiger partial charge in [-0.1, -0.05) is 41.6 Å². The molecule has 8 heteroatoms. The Kier molecular flexibility index (Phi) is 4.70. The van der Waals surface area contributed by atoms with Crippen molar-refractivity contribution in [1.29, 1.82) is 0 Å². The Morgan fingerprint density at radius 1 is 1.00 bits per heavy atom. The predicted octanol–water partition coefficient (Wildman–Crippen LogP) is 4.46. The molecule has 4 heterocycles. The maximum absolute atomic E-state index is 6.52. The van der Waals surface area contributed by atoms with Gasteiger partial charge in [0.05, 0.1) is 16.4 Å². The number of pyridine rings is 1. The van der Waals surface area contributed by atoms with Crippen molar-refractivity contribution in [2.75, 3.05) is 18.0 Å². The van der Waals surface area contributed by atoms with Crippen LogP contribution in [-0.4, -0.2) is 37.2 Å². The van der Waals surface area contributed by atoms with E-state index in [4.69, 9.17) is 11.6 Å². The molecule has 1 fully saturated rings. The topological polar surface area (TPSA) is 51.3 Å². The van der Waals surface area contributed by atoms with Gasteiger partial charge in [0, 0.05) is 31.2 Å². The zero-order chi connectivity index (χ0) is 18.9. The fourth-order valence-corrected chi connectivity index (χ4v) is 4.56. The number of para-hydroxylation sites is 1. The fourth-order valence-electron chi connectivity index (χ4n) is 3.52. The average molecular weight is 411 g/mol. The minimum Gasteiger partial charge on any atom is -0.341 e. The number of anilines is 1. The lowest BCUT2D eigenvalue weighted by molar-refractivity contribution is 0.841. The van der Waals surface area contributed by atoms with Gasteiger partial charge >= 0.3 is 0 Å². The van der Waals surface area contributed by atoms with Crippen LogP contribution in [0.3, 0.4) is 0 Å². The van der Waals surface area contributed by atoms with Crippen molar-refractivity contribution < 1.29 is 0 Å². The van der Waals surface area contributed by atoms with Crippen molar-refractivity contribution in [3.05, 3.63) is 65.6 Å². The Hall–Kier alpha value is -2.51. The Balaban J connectivity index is 1.49. The number of aromatic nitrogens is 5. The summed E-state index contributed by atoms with van der Waals surface area (Å²) in [4.78, 5) is 6.96. The summed E-state index contributed by atoms with van der Waals surface area (Å²) in [6, 6.07) is 13.9. The summed E-state index contributed by atoms with van der Waals surface area (Å²) < 4.78 is 4.11. The second-order valence-electron chi connectivity index (χ2n) is 6.75. The molecule has 0 aliphatic carbocycles. The molecule has 0 N–H and O–H groups in total. The van der Waals surface area contributed by atoms with Gasteiger partial charge in [0.25, 0.3) is 0 Å². The number of rotatable bonds is 5. The highest BCUT2D eigenvalue weighted by atomic mass is 35.5. The van der Waals surface area contributed by atoms with Gasteiger partial charge in [-0.15, -0.1) is 10.2 Å². The third kappa shape index (κ3) is 3.25. The van der Waals surface area contributed by atoms with Crippen LogP contribution in [0.5, 0.6) is 0 Å². The molecule has 28 heavy (non-hydrogen) atoms. The van der Waals surface area contributed by atoms with Gasteiger partial charge in [0.15, 0.2) is 5.16 Å². The molecule has 0 atom stereocenters.